The zero-order valence-electron chi connectivity index (χ0n) is 42.8. The number of rotatable bonds is 3. The van der Waals surface area contributed by atoms with Crippen LogP contribution >= 0.6 is 0 Å². The lowest BCUT2D eigenvalue weighted by atomic mass is 9.35. The number of nitrogens with zero attached hydrogens (tertiary/aromatic N) is 2. The van der Waals surface area contributed by atoms with Crippen LogP contribution in [-0.2, 0) is 32.5 Å². The molecule has 0 fully saturated rings. The number of fused-ring (bicyclic) bond motifs is 8. The highest BCUT2D eigenvalue weighted by Crippen LogP contribution is 2.56. The molecule has 3 nitrogen and oxygen atoms in total. The Bertz CT molecular complexity index is 3060. The normalized spacial score (nSPS) is 16.5. The van der Waals surface area contributed by atoms with Crippen LogP contribution in [0.15, 0.2) is 120 Å². The third kappa shape index (κ3) is 6.98. The molecule has 1 aliphatic carbocycles. The molecule has 338 valence electrons. The van der Waals surface area contributed by atoms with E-state index >= 15 is 0 Å². The summed E-state index contributed by atoms with van der Waals surface area (Å²) in [7, 11) is 0. The number of anilines is 6. The molecule has 10 rings (SSSR count). The van der Waals surface area contributed by atoms with Gasteiger partial charge in [0.05, 0.1) is 17.0 Å². The molecule has 2 aliphatic heterocycles. The van der Waals surface area contributed by atoms with E-state index in [0.29, 0.717) is 0 Å². The Morgan fingerprint density at radius 2 is 1.06 bits per heavy atom. The van der Waals surface area contributed by atoms with Crippen molar-refractivity contribution in [3.63, 3.8) is 0 Å². The van der Waals surface area contributed by atoms with Crippen LogP contribution in [0.1, 0.15) is 157 Å². The highest BCUT2D eigenvalue weighted by molar-refractivity contribution is 7.00. The first-order valence-electron chi connectivity index (χ1n) is 24.6. The van der Waals surface area contributed by atoms with Gasteiger partial charge in [-0.3, -0.25) is 0 Å². The van der Waals surface area contributed by atoms with Crippen LogP contribution in [0.3, 0.4) is 0 Å². The summed E-state index contributed by atoms with van der Waals surface area (Å²) < 4.78 is 7.46. The molecule has 0 spiro atoms. The fraction of sp³-hybridized carbons (Fsp3) is 0.387. The summed E-state index contributed by atoms with van der Waals surface area (Å²) in [5, 5.41) is 1.17. The Labute approximate surface area is 396 Å². The summed E-state index contributed by atoms with van der Waals surface area (Å²) in [6.45, 7) is 37.8. The quantitative estimate of drug-likeness (QED) is 0.165. The molecule has 0 atom stereocenters. The van der Waals surface area contributed by atoms with Crippen LogP contribution < -0.4 is 26.4 Å². The van der Waals surface area contributed by atoms with E-state index in [1.807, 2.05) is 0 Å². The first-order chi connectivity index (χ1) is 30.8. The van der Waals surface area contributed by atoms with Gasteiger partial charge in [-0.05, 0) is 144 Å². The Morgan fingerprint density at radius 1 is 0.500 bits per heavy atom. The van der Waals surface area contributed by atoms with E-state index in [4.69, 9.17) is 4.42 Å². The fourth-order valence-corrected chi connectivity index (χ4v) is 11.3. The average molecular weight is 871 g/mol. The number of furan rings is 1. The summed E-state index contributed by atoms with van der Waals surface area (Å²) in [5.41, 5.74) is 22.3. The molecule has 0 saturated carbocycles. The van der Waals surface area contributed by atoms with Gasteiger partial charge in [0, 0.05) is 33.7 Å². The Morgan fingerprint density at radius 3 is 1.68 bits per heavy atom. The van der Waals surface area contributed by atoms with Gasteiger partial charge in [-0.1, -0.05) is 178 Å². The molecular weight excluding hydrogens is 800 g/mol. The first kappa shape index (κ1) is 44.4. The lowest BCUT2D eigenvalue weighted by Gasteiger charge is -2.49. The van der Waals surface area contributed by atoms with Crippen LogP contribution in [-0.4, -0.2) is 6.71 Å². The average Bonchev–Trinajstić information content (AvgIpc) is 3.62. The van der Waals surface area contributed by atoms with E-state index in [-0.39, 0.29) is 39.2 Å². The zero-order valence-corrected chi connectivity index (χ0v) is 42.8. The van der Waals surface area contributed by atoms with Crippen LogP contribution in [0.5, 0.6) is 0 Å². The molecular formula is C62H71BN2O. The first-order valence-corrected chi connectivity index (χ1v) is 24.6. The minimum atomic E-state index is -0.150. The minimum absolute atomic E-state index is 0.0130. The number of hydrogen-bond acceptors (Lipinski definition) is 3. The molecule has 0 radical (unpaired) electrons. The molecule has 4 heteroatoms. The van der Waals surface area contributed by atoms with E-state index in [1.165, 1.54) is 83.6 Å². The van der Waals surface area contributed by atoms with Gasteiger partial charge in [-0.15, -0.1) is 0 Å². The van der Waals surface area contributed by atoms with Gasteiger partial charge in [-0.2, -0.15) is 0 Å². The van der Waals surface area contributed by atoms with Crippen LogP contribution in [0, 0.1) is 0 Å². The topological polar surface area (TPSA) is 19.6 Å². The molecule has 66 heavy (non-hydrogen) atoms. The Balaban J connectivity index is 1.40. The van der Waals surface area contributed by atoms with Gasteiger partial charge in [0.25, 0.3) is 6.71 Å². The maximum absolute atomic E-state index is 7.46. The largest absolute Gasteiger partial charge is 0.468 e. The highest BCUT2D eigenvalue weighted by Gasteiger charge is 2.51. The summed E-state index contributed by atoms with van der Waals surface area (Å²) >= 11 is 0. The highest BCUT2D eigenvalue weighted by atomic mass is 16.3. The lowest BCUT2D eigenvalue weighted by molar-refractivity contribution is 0.333. The number of hydrogen-bond donors (Lipinski definition) is 0. The van der Waals surface area contributed by atoms with Gasteiger partial charge in [0.15, 0.2) is 0 Å². The summed E-state index contributed by atoms with van der Waals surface area (Å²) in [5.74, 6) is 0. The predicted molar refractivity (Wildman–Crippen MR) is 286 cm³/mol. The monoisotopic (exact) mass is 871 g/mol. The Kier molecular flexibility index (Phi) is 9.76. The van der Waals surface area contributed by atoms with Crippen molar-refractivity contribution in [2.45, 2.75) is 156 Å². The maximum atomic E-state index is 7.46. The van der Waals surface area contributed by atoms with Crippen molar-refractivity contribution in [1.29, 1.82) is 0 Å². The van der Waals surface area contributed by atoms with Crippen molar-refractivity contribution >= 4 is 68.4 Å². The van der Waals surface area contributed by atoms with E-state index in [0.717, 1.165) is 35.5 Å². The van der Waals surface area contributed by atoms with Gasteiger partial charge < -0.3 is 14.2 Å². The van der Waals surface area contributed by atoms with Gasteiger partial charge >= 0.3 is 0 Å². The van der Waals surface area contributed by atoms with Crippen molar-refractivity contribution in [3.8, 4) is 11.1 Å². The summed E-state index contributed by atoms with van der Waals surface area (Å²) in [6, 6.07) is 44.8. The molecule has 1 aromatic heterocycles. The van der Waals surface area contributed by atoms with Crippen LogP contribution in [0.25, 0.3) is 22.1 Å². The predicted octanol–water partition coefficient (Wildman–Crippen LogP) is 15.7. The van der Waals surface area contributed by atoms with Crippen LogP contribution in [0.2, 0.25) is 0 Å². The standard InChI is InChI=1S/C62H71BN2O/c1-57(2,3)39-22-26-43(27-23-39)64-49-36-42(60(10,11)12)37-50-53(49)63(56-54(64)45-35-41(59(7,8)9)25-31-51(45)66-56)47-29-28-46-52(62(15,16)33-32-61(46,13)14)55(47)65(50)48-30-24-40(58(4,5)6)34-44(48)38-20-18-17-19-21-38/h17-31,34-37H,32-33H2,1-16H3. The van der Waals surface area contributed by atoms with E-state index in [2.05, 4.69) is 236 Å². The van der Waals surface area contributed by atoms with Crippen molar-refractivity contribution in [3.05, 3.63) is 149 Å². The second kappa shape index (κ2) is 14.5. The SMILES string of the molecule is CC(C)(C)c1ccc(N2c3cc(C(C)(C)C)cc4c3B(c3ccc5c(c3N4c3ccc(C(C)(C)C)cc3-c3ccccc3)C(C)(C)CCC5(C)C)c3oc4ccc(C(C)(C)C)cc4c32)cc1. The van der Waals surface area contributed by atoms with Crippen molar-refractivity contribution in [2.75, 3.05) is 9.80 Å². The molecule has 0 N–H and O–H groups in total. The number of benzene rings is 6. The van der Waals surface area contributed by atoms with Gasteiger partial charge in [-0.25, -0.2) is 0 Å². The minimum Gasteiger partial charge on any atom is -0.468 e. The van der Waals surface area contributed by atoms with Gasteiger partial charge in [0.1, 0.15) is 5.58 Å². The molecule has 0 bridgehead atoms. The molecule has 0 saturated heterocycles. The lowest BCUT2D eigenvalue weighted by Crippen LogP contribution is -2.61. The molecule has 3 heterocycles. The van der Waals surface area contributed by atoms with Crippen LogP contribution in [0.4, 0.5) is 34.1 Å². The third-order valence-corrected chi connectivity index (χ3v) is 15.5. The second-order valence-electron chi connectivity index (χ2n) is 25.4. The summed E-state index contributed by atoms with van der Waals surface area (Å²) in [4.78, 5) is 5.29. The van der Waals surface area contributed by atoms with Crippen molar-refractivity contribution < 1.29 is 4.42 Å². The van der Waals surface area contributed by atoms with Gasteiger partial charge in [0.2, 0.25) is 0 Å². The van der Waals surface area contributed by atoms with E-state index < -0.39 is 0 Å². The zero-order chi connectivity index (χ0) is 47.3. The molecule has 0 amide bonds. The maximum Gasteiger partial charge on any atom is 0.297 e. The molecule has 3 aliphatic rings. The van der Waals surface area contributed by atoms with E-state index in [1.54, 1.807) is 0 Å². The Hall–Kier alpha value is -5.48. The third-order valence-electron chi connectivity index (χ3n) is 15.5. The summed E-state index contributed by atoms with van der Waals surface area (Å²) in [6.07, 6.45) is 2.26. The fourth-order valence-electron chi connectivity index (χ4n) is 11.3. The van der Waals surface area contributed by atoms with E-state index in [9.17, 15) is 0 Å². The second-order valence-corrected chi connectivity index (χ2v) is 25.4. The molecule has 6 aromatic carbocycles. The molecule has 0 unspecified atom stereocenters. The molecule has 7 aromatic rings. The van der Waals surface area contributed by atoms with Crippen molar-refractivity contribution in [1.82, 2.24) is 0 Å². The smallest absolute Gasteiger partial charge is 0.297 e. The van der Waals surface area contributed by atoms with Crippen molar-refractivity contribution in [2.24, 2.45) is 0 Å².